The van der Waals surface area contributed by atoms with E-state index in [0.717, 1.165) is 52.6 Å². The van der Waals surface area contributed by atoms with Crippen molar-refractivity contribution in [2.24, 2.45) is 0 Å². The van der Waals surface area contributed by atoms with Gasteiger partial charge in [0.25, 0.3) is 5.91 Å². The molecule has 8 heteroatoms. The highest BCUT2D eigenvalue weighted by molar-refractivity contribution is 5.96. The van der Waals surface area contributed by atoms with Crippen LogP contribution in [0.5, 0.6) is 17.2 Å². The zero-order chi connectivity index (χ0) is 28.6. The maximum Gasteiger partial charge on any atom is 0.326 e. The SMILES string of the molecule is COc1ccc(N(CCc2ccc3c(c2)OCO3)Cc2ccc(C(=O)NC(Cc3ccccc3)C(=O)O)cc2)cc1. The van der Waals surface area contributed by atoms with Crippen LogP contribution in [0.15, 0.2) is 97.1 Å². The van der Waals surface area contributed by atoms with Crippen molar-refractivity contribution >= 4 is 17.6 Å². The van der Waals surface area contributed by atoms with Crippen LogP contribution in [0.25, 0.3) is 0 Å². The van der Waals surface area contributed by atoms with Crippen molar-refractivity contribution in [2.45, 2.75) is 25.4 Å². The van der Waals surface area contributed by atoms with E-state index in [4.69, 9.17) is 14.2 Å². The van der Waals surface area contributed by atoms with Crippen LogP contribution >= 0.6 is 0 Å². The smallest absolute Gasteiger partial charge is 0.326 e. The summed E-state index contributed by atoms with van der Waals surface area (Å²) in [6, 6.07) is 29.4. The Morgan fingerprint density at radius 2 is 1.59 bits per heavy atom. The Bertz CT molecular complexity index is 1470. The molecule has 4 aromatic rings. The number of nitrogens with one attached hydrogen (secondary N) is 1. The van der Waals surface area contributed by atoms with Crippen molar-refractivity contribution in [1.82, 2.24) is 5.32 Å². The number of anilines is 1. The number of hydrogen-bond donors (Lipinski definition) is 2. The standard InChI is InChI=1S/C33H32N2O6/c1-39-28-14-12-27(13-15-28)35(18-17-24-9-16-30-31(20-24)41-22-40-30)21-25-7-10-26(11-8-25)32(36)34-29(33(37)38)19-23-5-3-2-4-6-23/h2-16,20,29H,17-19,21-22H2,1H3,(H,34,36)(H,37,38). The van der Waals surface area contributed by atoms with Crippen molar-refractivity contribution in [3.63, 3.8) is 0 Å². The van der Waals surface area contributed by atoms with E-state index < -0.39 is 17.9 Å². The van der Waals surface area contributed by atoms with Gasteiger partial charge >= 0.3 is 5.97 Å². The third kappa shape index (κ3) is 7.16. The average molecular weight is 553 g/mol. The summed E-state index contributed by atoms with van der Waals surface area (Å²) >= 11 is 0. The van der Waals surface area contributed by atoms with Gasteiger partial charge in [-0.05, 0) is 71.6 Å². The molecule has 1 amide bonds. The molecule has 1 unspecified atom stereocenters. The molecule has 5 rings (SSSR count). The van der Waals surface area contributed by atoms with Gasteiger partial charge in [0.1, 0.15) is 11.8 Å². The number of methoxy groups -OCH3 is 1. The van der Waals surface area contributed by atoms with Gasteiger partial charge < -0.3 is 29.5 Å². The van der Waals surface area contributed by atoms with Crippen LogP contribution < -0.4 is 24.4 Å². The highest BCUT2D eigenvalue weighted by atomic mass is 16.7. The number of rotatable bonds is 12. The number of hydrogen-bond acceptors (Lipinski definition) is 6. The van der Waals surface area contributed by atoms with Crippen LogP contribution in [-0.4, -0.2) is 43.5 Å². The molecular formula is C33H32N2O6. The number of ether oxygens (including phenoxy) is 3. The first-order chi connectivity index (χ1) is 20.0. The number of aliphatic carboxylic acids is 1. The minimum absolute atomic E-state index is 0.209. The third-order valence-corrected chi connectivity index (χ3v) is 7.02. The molecule has 41 heavy (non-hydrogen) atoms. The first-order valence-corrected chi connectivity index (χ1v) is 13.4. The van der Waals surface area contributed by atoms with E-state index in [1.807, 2.05) is 78.9 Å². The number of carbonyl (C=O) groups excluding carboxylic acids is 1. The van der Waals surface area contributed by atoms with E-state index in [0.29, 0.717) is 12.1 Å². The Morgan fingerprint density at radius 3 is 2.29 bits per heavy atom. The summed E-state index contributed by atoms with van der Waals surface area (Å²) in [4.78, 5) is 27.0. The monoisotopic (exact) mass is 552 g/mol. The highest BCUT2D eigenvalue weighted by Crippen LogP contribution is 2.33. The van der Waals surface area contributed by atoms with E-state index in [9.17, 15) is 14.7 Å². The lowest BCUT2D eigenvalue weighted by atomic mass is 10.0. The molecule has 1 atom stereocenters. The van der Waals surface area contributed by atoms with Gasteiger partial charge in [0.05, 0.1) is 7.11 Å². The van der Waals surface area contributed by atoms with Gasteiger partial charge in [-0.25, -0.2) is 4.79 Å². The fourth-order valence-corrected chi connectivity index (χ4v) is 4.73. The van der Waals surface area contributed by atoms with Gasteiger partial charge in [0.2, 0.25) is 6.79 Å². The molecule has 2 N–H and O–H groups in total. The van der Waals surface area contributed by atoms with Gasteiger partial charge in [-0.15, -0.1) is 0 Å². The fourth-order valence-electron chi connectivity index (χ4n) is 4.73. The predicted molar refractivity (Wildman–Crippen MR) is 156 cm³/mol. The summed E-state index contributed by atoms with van der Waals surface area (Å²) in [6.45, 7) is 1.60. The van der Waals surface area contributed by atoms with Gasteiger partial charge in [0, 0.05) is 30.8 Å². The van der Waals surface area contributed by atoms with Crippen LogP contribution in [0, 0.1) is 0 Å². The lowest BCUT2D eigenvalue weighted by Gasteiger charge is -2.25. The van der Waals surface area contributed by atoms with E-state index in [2.05, 4.69) is 16.3 Å². The number of carbonyl (C=O) groups is 2. The molecule has 0 aromatic heterocycles. The predicted octanol–water partition coefficient (Wildman–Crippen LogP) is 5.10. The molecule has 1 heterocycles. The second kappa shape index (κ2) is 12.9. The number of nitrogens with zero attached hydrogens (tertiary/aromatic N) is 1. The van der Waals surface area contributed by atoms with E-state index in [-0.39, 0.29) is 13.2 Å². The Hall–Kier alpha value is -4.98. The number of amides is 1. The molecule has 4 aromatic carbocycles. The summed E-state index contributed by atoms with van der Waals surface area (Å²) < 4.78 is 16.3. The Kier molecular flexibility index (Phi) is 8.69. The van der Waals surface area contributed by atoms with Crippen molar-refractivity contribution in [1.29, 1.82) is 0 Å². The van der Waals surface area contributed by atoms with Crippen LogP contribution in [-0.2, 0) is 24.2 Å². The lowest BCUT2D eigenvalue weighted by molar-refractivity contribution is -0.139. The topological polar surface area (TPSA) is 97.3 Å². The van der Waals surface area contributed by atoms with Crippen LogP contribution in [0.3, 0.4) is 0 Å². The lowest BCUT2D eigenvalue weighted by Crippen LogP contribution is -2.42. The minimum atomic E-state index is -1.07. The van der Waals surface area contributed by atoms with Crippen LogP contribution in [0.4, 0.5) is 5.69 Å². The number of carboxylic acids is 1. The van der Waals surface area contributed by atoms with Crippen molar-refractivity contribution in [2.75, 3.05) is 25.3 Å². The van der Waals surface area contributed by atoms with Gasteiger partial charge in [0.15, 0.2) is 11.5 Å². The molecule has 1 aliphatic heterocycles. The molecular weight excluding hydrogens is 520 g/mol. The maximum atomic E-state index is 12.9. The third-order valence-electron chi connectivity index (χ3n) is 7.02. The van der Waals surface area contributed by atoms with Crippen molar-refractivity contribution in [3.8, 4) is 17.2 Å². The number of fused-ring (bicyclic) bond motifs is 1. The summed E-state index contributed by atoms with van der Waals surface area (Å²) in [7, 11) is 1.64. The summed E-state index contributed by atoms with van der Waals surface area (Å²) in [6.07, 6.45) is 1.00. The molecule has 0 spiro atoms. The average Bonchev–Trinajstić information content (AvgIpc) is 3.48. The molecule has 8 nitrogen and oxygen atoms in total. The Labute approximate surface area is 239 Å². The zero-order valence-electron chi connectivity index (χ0n) is 22.8. The summed E-state index contributed by atoms with van der Waals surface area (Å²) in [5.74, 6) is 0.818. The second-order valence-electron chi connectivity index (χ2n) is 9.81. The molecule has 0 saturated heterocycles. The van der Waals surface area contributed by atoms with Crippen molar-refractivity contribution in [3.05, 3.63) is 119 Å². The zero-order valence-corrected chi connectivity index (χ0v) is 22.8. The van der Waals surface area contributed by atoms with E-state index in [1.54, 1.807) is 19.2 Å². The Balaban J connectivity index is 1.26. The maximum absolute atomic E-state index is 12.9. The number of carboxylic acid groups (broad SMARTS) is 1. The summed E-state index contributed by atoms with van der Waals surface area (Å²) in [5, 5.41) is 12.3. The molecule has 0 aliphatic carbocycles. The fraction of sp³-hybridized carbons (Fsp3) is 0.212. The normalized spacial score (nSPS) is 12.4. The molecule has 210 valence electrons. The molecule has 1 aliphatic rings. The van der Waals surface area contributed by atoms with Gasteiger partial charge in [-0.1, -0.05) is 48.5 Å². The van der Waals surface area contributed by atoms with Crippen molar-refractivity contribution < 1.29 is 28.9 Å². The first-order valence-electron chi connectivity index (χ1n) is 13.4. The first kappa shape index (κ1) is 27.6. The molecule has 0 fully saturated rings. The summed E-state index contributed by atoms with van der Waals surface area (Å²) in [5.41, 5.74) is 4.45. The quantitative estimate of drug-likeness (QED) is 0.252. The molecule has 0 bridgehead atoms. The number of benzene rings is 4. The highest BCUT2D eigenvalue weighted by Gasteiger charge is 2.21. The second-order valence-corrected chi connectivity index (χ2v) is 9.81. The van der Waals surface area contributed by atoms with E-state index in [1.165, 1.54) is 0 Å². The van der Waals surface area contributed by atoms with Gasteiger partial charge in [-0.2, -0.15) is 0 Å². The Morgan fingerprint density at radius 1 is 0.878 bits per heavy atom. The molecule has 0 radical (unpaired) electrons. The van der Waals surface area contributed by atoms with E-state index >= 15 is 0 Å². The van der Waals surface area contributed by atoms with Crippen LogP contribution in [0.1, 0.15) is 27.0 Å². The molecule has 0 saturated carbocycles. The largest absolute Gasteiger partial charge is 0.497 e. The van der Waals surface area contributed by atoms with Crippen LogP contribution in [0.2, 0.25) is 0 Å². The van der Waals surface area contributed by atoms with Gasteiger partial charge in [-0.3, -0.25) is 4.79 Å². The minimum Gasteiger partial charge on any atom is -0.497 e.